The quantitative estimate of drug-likeness (QED) is 0.253. The van der Waals surface area contributed by atoms with E-state index < -0.39 is 6.29 Å². The van der Waals surface area contributed by atoms with Crippen molar-refractivity contribution >= 4 is 17.3 Å². The van der Waals surface area contributed by atoms with Crippen LogP contribution < -0.4 is 0 Å². The predicted molar refractivity (Wildman–Crippen MR) is 142 cm³/mol. The van der Waals surface area contributed by atoms with Crippen LogP contribution in [0, 0.1) is 27.7 Å². The summed E-state index contributed by atoms with van der Waals surface area (Å²) in [6, 6.07) is 23.0. The number of fused-ring (bicyclic) bond motifs is 2. The van der Waals surface area contributed by atoms with Crippen molar-refractivity contribution in [3.8, 4) is 0 Å². The molecule has 2 N–H and O–H groups in total. The molecule has 0 spiro atoms. The Morgan fingerprint density at radius 1 is 0.568 bits per heavy atom. The van der Waals surface area contributed by atoms with Gasteiger partial charge in [0.25, 0.3) is 0 Å². The molecule has 1 aliphatic carbocycles. The van der Waals surface area contributed by atoms with Crippen molar-refractivity contribution in [2.24, 2.45) is 0 Å². The van der Waals surface area contributed by atoms with E-state index in [-0.39, 0.29) is 22.9 Å². The van der Waals surface area contributed by atoms with Crippen LogP contribution >= 0.6 is 0 Å². The van der Waals surface area contributed by atoms with Gasteiger partial charge in [0, 0.05) is 38.9 Å². The summed E-state index contributed by atoms with van der Waals surface area (Å²) >= 11 is 0. The molecule has 37 heavy (non-hydrogen) atoms. The summed E-state index contributed by atoms with van der Waals surface area (Å²) in [4.78, 5) is 37.1. The normalized spacial score (nSPS) is 12.0. The number of carbonyl (C=O) groups is 3. The molecule has 5 nitrogen and oxygen atoms in total. The fraction of sp³-hybridized carbons (Fsp3) is 0.156. The van der Waals surface area contributed by atoms with Gasteiger partial charge in [-0.3, -0.25) is 14.4 Å². The standard InChI is InChI=1S/C16H16O3.C16H12O2/c1-10-3-6-12(7-4-10)15(17)14-9-11(2)5-8-13(14)16(18)19;1-9-3-5-11-13(7-9)15(17)12-6-4-10(2)8-14(12)16(11)18/h3-9,16,18-19H,1-2H3;3-8H,1-2H3. The van der Waals surface area contributed by atoms with Gasteiger partial charge in [-0.25, -0.2) is 0 Å². The van der Waals surface area contributed by atoms with Crippen molar-refractivity contribution in [3.63, 3.8) is 0 Å². The van der Waals surface area contributed by atoms with E-state index in [9.17, 15) is 24.6 Å². The number of aryl methyl sites for hydroxylation is 4. The molecule has 5 heteroatoms. The Morgan fingerprint density at radius 3 is 1.49 bits per heavy atom. The van der Waals surface area contributed by atoms with Crippen molar-refractivity contribution < 1.29 is 24.6 Å². The maximum Gasteiger partial charge on any atom is 0.194 e. The highest BCUT2D eigenvalue weighted by molar-refractivity contribution is 6.28. The van der Waals surface area contributed by atoms with Gasteiger partial charge < -0.3 is 10.2 Å². The lowest BCUT2D eigenvalue weighted by molar-refractivity contribution is -0.0429. The number of aliphatic hydroxyl groups excluding tert-OH is 1. The van der Waals surface area contributed by atoms with Crippen molar-refractivity contribution in [1.29, 1.82) is 0 Å². The van der Waals surface area contributed by atoms with Crippen molar-refractivity contribution in [1.82, 2.24) is 0 Å². The summed E-state index contributed by atoms with van der Waals surface area (Å²) in [7, 11) is 0. The summed E-state index contributed by atoms with van der Waals surface area (Å²) in [5.74, 6) is -0.307. The minimum absolute atomic E-state index is 0.0525. The molecule has 0 radical (unpaired) electrons. The van der Waals surface area contributed by atoms with Gasteiger partial charge in [-0.05, 0) is 45.9 Å². The number of rotatable bonds is 3. The molecular weight excluding hydrogens is 464 g/mol. The Labute approximate surface area is 216 Å². The van der Waals surface area contributed by atoms with E-state index in [1.54, 1.807) is 54.6 Å². The molecule has 4 aromatic carbocycles. The van der Waals surface area contributed by atoms with E-state index in [1.165, 1.54) is 0 Å². The zero-order valence-corrected chi connectivity index (χ0v) is 21.2. The first-order valence-corrected chi connectivity index (χ1v) is 12.0. The molecule has 186 valence electrons. The molecule has 5 rings (SSSR count). The number of benzene rings is 4. The fourth-order valence-electron chi connectivity index (χ4n) is 4.33. The van der Waals surface area contributed by atoms with Gasteiger partial charge in [0.2, 0.25) is 0 Å². The Balaban J connectivity index is 0.000000173. The Hall–Kier alpha value is -4.19. The second kappa shape index (κ2) is 10.4. The van der Waals surface area contributed by atoms with E-state index in [1.807, 2.05) is 52.0 Å². The second-order valence-corrected chi connectivity index (χ2v) is 9.42. The van der Waals surface area contributed by atoms with Crippen LogP contribution in [0.1, 0.15) is 81.9 Å². The third-order valence-electron chi connectivity index (χ3n) is 6.37. The zero-order valence-electron chi connectivity index (χ0n) is 21.2. The summed E-state index contributed by atoms with van der Waals surface area (Å²) in [6.45, 7) is 7.65. The maximum absolute atomic E-state index is 12.4. The lowest BCUT2D eigenvalue weighted by Gasteiger charge is -2.18. The Bertz CT molecular complexity index is 1470. The van der Waals surface area contributed by atoms with Crippen molar-refractivity contribution in [2.45, 2.75) is 34.0 Å². The molecule has 0 bridgehead atoms. The number of hydrogen-bond acceptors (Lipinski definition) is 5. The molecule has 0 fully saturated rings. The highest BCUT2D eigenvalue weighted by Gasteiger charge is 2.29. The van der Waals surface area contributed by atoms with E-state index >= 15 is 0 Å². The first-order valence-electron chi connectivity index (χ1n) is 12.0. The van der Waals surface area contributed by atoms with Crippen LogP contribution in [0.4, 0.5) is 0 Å². The molecule has 0 amide bonds. The van der Waals surface area contributed by atoms with E-state index in [2.05, 4.69) is 0 Å². The van der Waals surface area contributed by atoms with Gasteiger partial charge in [0.05, 0.1) is 0 Å². The SMILES string of the molecule is Cc1ccc(C(=O)c2cc(C)ccc2C(O)O)cc1.Cc1ccc2c(c1)C(=O)c1ccc(C)cc1C2=O. The molecule has 0 heterocycles. The highest BCUT2D eigenvalue weighted by atomic mass is 16.5. The topological polar surface area (TPSA) is 91.7 Å². The highest BCUT2D eigenvalue weighted by Crippen LogP contribution is 2.28. The summed E-state index contributed by atoms with van der Waals surface area (Å²) < 4.78 is 0. The minimum Gasteiger partial charge on any atom is -0.364 e. The Morgan fingerprint density at radius 2 is 1.00 bits per heavy atom. The lowest BCUT2D eigenvalue weighted by atomic mass is 9.83. The van der Waals surface area contributed by atoms with E-state index in [4.69, 9.17) is 0 Å². The van der Waals surface area contributed by atoms with Crippen LogP contribution in [0.15, 0.2) is 78.9 Å². The molecule has 0 aliphatic heterocycles. The third-order valence-corrected chi connectivity index (χ3v) is 6.37. The number of carbonyl (C=O) groups excluding carboxylic acids is 3. The van der Waals surface area contributed by atoms with E-state index in [0.29, 0.717) is 33.4 Å². The predicted octanol–water partition coefficient (Wildman–Crippen LogP) is 5.60. The van der Waals surface area contributed by atoms with Gasteiger partial charge in [-0.2, -0.15) is 0 Å². The summed E-state index contributed by atoms with van der Waals surface area (Å²) in [5, 5.41) is 18.7. The van der Waals surface area contributed by atoms with Crippen molar-refractivity contribution in [3.05, 3.63) is 140 Å². The molecule has 0 saturated heterocycles. The molecule has 4 aromatic rings. The smallest absolute Gasteiger partial charge is 0.194 e. The van der Waals surface area contributed by atoms with Crippen LogP contribution in [0.25, 0.3) is 0 Å². The van der Waals surface area contributed by atoms with Gasteiger partial charge in [0.1, 0.15) is 0 Å². The summed E-state index contributed by atoms with van der Waals surface area (Å²) in [6.07, 6.45) is -1.65. The molecule has 0 saturated carbocycles. The number of hydrogen-bond donors (Lipinski definition) is 2. The van der Waals surface area contributed by atoms with Crippen LogP contribution in [0.5, 0.6) is 0 Å². The fourth-order valence-corrected chi connectivity index (χ4v) is 4.33. The number of aliphatic hydroxyl groups is 2. The minimum atomic E-state index is -1.65. The third kappa shape index (κ3) is 5.33. The average Bonchev–Trinajstić information content (AvgIpc) is 2.87. The first kappa shape index (κ1) is 25.9. The molecule has 1 aliphatic rings. The van der Waals surface area contributed by atoms with Gasteiger partial charge in [-0.1, -0.05) is 82.9 Å². The van der Waals surface area contributed by atoms with E-state index in [0.717, 1.165) is 22.3 Å². The summed E-state index contributed by atoms with van der Waals surface area (Å²) in [5.41, 5.74) is 7.15. The van der Waals surface area contributed by atoms with Gasteiger partial charge in [0.15, 0.2) is 23.6 Å². The maximum atomic E-state index is 12.4. The van der Waals surface area contributed by atoms with Crippen LogP contribution in [0.3, 0.4) is 0 Å². The Kier molecular flexibility index (Phi) is 7.30. The first-order chi connectivity index (χ1) is 17.6. The zero-order chi connectivity index (χ0) is 26.9. The largest absolute Gasteiger partial charge is 0.364 e. The van der Waals surface area contributed by atoms with Crippen LogP contribution in [-0.2, 0) is 0 Å². The van der Waals surface area contributed by atoms with Crippen LogP contribution in [-0.4, -0.2) is 27.6 Å². The molecule has 0 aromatic heterocycles. The van der Waals surface area contributed by atoms with Gasteiger partial charge in [-0.15, -0.1) is 0 Å². The monoisotopic (exact) mass is 492 g/mol. The average molecular weight is 493 g/mol. The van der Waals surface area contributed by atoms with Crippen LogP contribution in [0.2, 0.25) is 0 Å². The van der Waals surface area contributed by atoms with Crippen molar-refractivity contribution in [2.75, 3.05) is 0 Å². The van der Waals surface area contributed by atoms with Gasteiger partial charge >= 0.3 is 0 Å². The second-order valence-electron chi connectivity index (χ2n) is 9.42. The molecule has 0 unspecified atom stereocenters. The number of ketones is 3. The molecular formula is C32H28O5. The molecule has 0 atom stereocenters. The lowest BCUT2D eigenvalue weighted by Crippen LogP contribution is -2.21.